The number of benzene rings is 3. The Labute approximate surface area is 173 Å². The fourth-order valence-corrected chi connectivity index (χ4v) is 3.03. The van der Waals surface area contributed by atoms with Crippen molar-refractivity contribution >= 4 is 29.4 Å². The van der Waals surface area contributed by atoms with Gasteiger partial charge in [0, 0.05) is 6.07 Å². The molecule has 1 heterocycles. The van der Waals surface area contributed by atoms with Crippen molar-refractivity contribution in [2.24, 2.45) is 0 Å². The van der Waals surface area contributed by atoms with Crippen LogP contribution in [0.25, 0.3) is 17.2 Å². The first-order valence-electron chi connectivity index (χ1n) is 9.11. The molecule has 0 spiro atoms. The fourth-order valence-electron chi connectivity index (χ4n) is 2.98. The van der Waals surface area contributed by atoms with Gasteiger partial charge >= 0.3 is 5.97 Å². The van der Waals surface area contributed by atoms with Gasteiger partial charge in [-0.15, -0.1) is 11.6 Å². The lowest BCUT2D eigenvalue weighted by atomic mass is 10.0. The van der Waals surface area contributed by atoms with E-state index >= 15 is 0 Å². The molecule has 0 fully saturated rings. The molecule has 4 nitrogen and oxygen atoms in total. The number of rotatable bonds is 4. The van der Waals surface area contributed by atoms with Gasteiger partial charge in [-0.3, -0.25) is 9.59 Å². The maximum absolute atomic E-state index is 12.6. The van der Waals surface area contributed by atoms with E-state index in [0.29, 0.717) is 11.3 Å². The summed E-state index contributed by atoms with van der Waals surface area (Å²) < 4.78 is 10.9. The standard InChI is InChI=1S/C24H17ClO4/c1-15(25)24(27)28-19-11-12-20-21(14-19)29-22(23(20)26)13-16-7-9-18(10-8-16)17-5-3-2-4-6-17/h2-15H,1H3/b22-13-. The Morgan fingerprint density at radius 3 is 2.38 bits per heavy atom. The zero-order chi connectivity index (χ0) is 20.4. The van der Waals surface area contributed by atoms with E-state index in [9.17, 15) is 9.59 Å². The molecule has 0 saturated carbocycles. The lowest BCUT2D eigenvalue weighted by Crippen LogP contribution is -2.17. The lowest BCUT2D eigenvalue weighted by Gasteiger charge is -2.06. The Morgan fingerprint density at radius 2 is 1.69 bits per heavy atom. The van der Waals surface area contributed by atoms with E-state index < -0.39 is 11.3 Å². The molecule has 1 atom stereocenters. The van der Waals surface area contributed by atoms with Crippen molar-refractivity contribution < 1.29 is 19.1 Å². The van der Waals surface area contributed by atoms with Gasteiger partial charge < -0.3 is 9.47 Å². The van der Waals surface area contributed by atoms with Crippen LogP contribution in [0, 0.1) is 0 Å². The molecular weight excluding hydrogens is 388 g/mol. The van der Waals surface area contributed by atoms with E-state index in [1.807, 2.05) is 54.6 Å². The first kappa shape index (κ1) is 19.0. The van der Waals surface area contributed by atoms with Gasteiger partial charge in [-0.05, 0) is 41.8 Å². The molecule has 4 rings (SSSR count). The van der Waals surface area contributed by atoms with Gasteiger partial charge in [0.05, 0.1) is 5.56 Å². The quantitative estimate of drug-likeness (QED) is 0.249. The van der Waals surface area contributed by atoms with E-state index in [2.05, 4.69) is 0 Å². The largest absolute Gasteiger partial charge is 0.452 e. The highest BCUT2D eigenvalue weighted by atomic mass is 35.5. The van der Waals surface area contributed by atoms with Gasteiger partial charge in [-0.25, -0.2) is 0 Å². The summed E-state index contributed by atoms with van der Waals surface area (Å²) in [4.78, 5) is 24.2. The number of ether oxygens (including phenoxy) is 2. The van der Waals surface area contributed by atoms with Crippen LogP contribution < -0.4 is 9.47 Å². The molecule has 0 bridgehead atoms. The van der Waals surface area contributed by atoms with Crippen LogP contribution in [0.4, 0.5) is 0 Å². The highest BCUT2D eigenvalue weighted by molar-refractivity contribution is 6.29. The summed E-state index contributed by atoms with van der Waals surface area (Å²) in [6, 6.07) is 22.6. The minimum atomic E-state index is -0.764. The molecule has 1 aliphatic rings. The van der Waals surface area contributed by atoms with Crippen LogP contribution >= 0.6 is 11.6 Å². The monoisotopic (exact) mass is 404 g/mol. The number of carbonyl (C=O) groups excluding carboxylic acids is 2. The topological polar surface area (TPSA) is 52.6 Å². The van der Waals surface area contributed by atoms with Crippen molar-refractivity contribution in [1.29, 1.82) is 0 Å². The summed E-state index contributed by atoms with van der Waals surface area (Å²) in [5, 5.41) is -0.764. The zero-order valence-electron chi connectivity index (χ0n) is 15.6. The highest BCUT2D eigenvalue weighted by Gasteiger charge is 2.28. The number of Topliss-reactive ketones (excluding diaryl/α,β-unsaturated/α-hetero) is 1. The SMILES string of the molecule is CC(Cl)C(=O)Oc1ccc2c(c1)O/C(=C\c1ccc(-c3ccccc3)cc1)C2=O. The van der Waals surface area contributed by atoms with Crippen LogP contribution in [-0.2, 0) is 4.79 Å². The Bertz CT molecular complexity index is 1100. The molecule has 0 aromatic heterocycles. The number of fused-ring (bicyclic) bond motifs is 1. The van der Waals surface area contributed by atoms with Crippen LogP contribution in [0.2, 0.25) is 0 Å². The summed E-state index contributed by atoms with van der Waals surface area (Å²) >= 11 is 5.71. The third-order valence-corrected chi connectivity index (χ3v) is 4.68. The molecule has 0 N–H and O–H groups in total. The molecule has 0 aliphatic carbocycles. The summed E-state index contributed by atoms with van der Waals surface area (Å²) in [6.07, 6.45) is 1.70. The maximum atomic E-state index is 12.6. The van der Waals surface area contributed by atoms with E-state index in [-0.39, 0.29) is 17.3 Å². The van der Waals surface area contributed by atoms with Crippen molar-refractivity contribution in [3.8, 4) is 22.6 Å². The van der Waals surface area contributed by atoms with Gasteiger partial charge in [-0.1, -0.05) is 54.6 Å². The molecule has 0 amide bonds. The molecule has 0 radical (unpaired) electrons. The van der Waals surface area contributed by atoms with Crippen molar-refractivity contribution in [3.63, 3.8) is 0 Å². The van der Waals surface area contributed by atoms with Gasteiger partial charge in [0.1, 0.15) is 16.9 Å². The number of ketones is 1. The van der Waals surface area contributed by atoms with Crippen LogP contribution in [0.1, 0.15) is 22.8 Å². The van der Waals surface area contributed by atoms with E-state index in [0.717, 1.165) is 16.7 Å². The average Bonchev–Trinajstić information content (AvgIpc) is 3.04. The molecule has 29 heavy (non-hydrogen) atoms. The Kier molecular flexibility index (Phi) is 5.19. The fraction of sp³-hybridized carbons (Fsp3) is 0.0833. The number of esters is 1. The molecule has 3 aromatic carbocycles. The normalized spacial score (nSPS) is 15.0. The molecule has 3 aromatic rings. The second-order valence-corrected chi connectivity index (χ2v) is 7.28. The van der Waals surface area contributed by atoms with Gasteiger partial charge in [0.15, 0.2) is 5.76 Å². The average molecular weight is 405 g/mol. The summed E-state index contributed by atoms with van der Waals surface area (Å²) in [7, 11) is 0. The number of alkyl halides is 1. The number of carbonyl (C=O) groups is 2. The summed E-state index contributed by atoms with van der Waals surface area (Å²) in [5.41, 5.74) is 3.50. The van der Waals surface area contributed by atoms with Crippen LogP contribution in [0.5, 0.6) is 11.5 Å². The van der Waals surface area contributed by atoms with Crippen molar-refractivity contribution in [3.05, 3.63) is 89.7 Å². The van der Waals surface area contributed by atoms with Crippen molar-refractivity contribution in [2.75, 3.05) is 0 Å². The smallest absolute Gasteiger partial charge is 0.329 e. The first-order valence-corrected chi connectivity index (χ1v) is 9.54. The molecular formula is C24H17ClO4. The molecule has 144 valence electrons. The molecule has 1 unspecified atom stereocenters. The van der Waals surface area contributed by atoms with E-state index in [4.69, 9.17) is 21.1 Å². The third-order valence-electron chi connectivity index (χ3n) is 4.50. The highest BCUT2D eigenvalue weighted by Crippen LogP contribution is 2.35. The molecule has 0 saturated heterocycles. The second kappa shape index (κ2) is 7.94. The number of halogens is 1. The second-order valence-electron chi connectivity index (χ2n) is 6.62. The first-order chi connectivity index (χ1) is 14.0. The Morgan fingerprint density at radius 1 is 1.00 bits per heavy atom. The minimum absolute atomic E-state index is 0.212. The van der Waals surface area contributed by atoms with Crippen LogP contribution in [0.3, 0.4) is 0 Å². The van der Waals surface area contributed by atoms with Crippen molar-refractivity contribution in [1.82, 2.24) is 0 Å². The van der Waals surface area contributed by atoms with Crippen LogP contribution in [0.15, 0.2) is 78.6 Å². The molecule has 5 heteroatoms. The minimum Gasteiger partial charge on any atom is -0.452 e. The molecule has 1 aliphatic heterocycles. The van der Waals surface area contributed by atoms with Crippen LogP contribution in [-0.4, -0.2) is 17.1 Å². The predicted molar refractivity (Wildman–Crippen MR) is 112 cm³/mol. The zero-order valence-corrected chi connectivity index (χ0v) is 16.3. The lowest BCUT2D eigenvalue weighted by molar-refractivity contribution is -0.133. The third kappa shape index (κ3) is 4.08. The Hall–Kier alpha value is -3.37. The maximum Gasteiger partial charge on any atom is 0.329 e. The number of hydrogen-bond acceptors (Lipinski definition) is 4. The van der Waals surface area contributed by atoms with E-state index in [1.165, 1.54) is 13.0 Å². The summed E-state index contributed by atoms with van der Waals surface area (Å²) in [5.74, 6) is 0.0831. The summed E-state index contributed by atoms with van der Waals surface area (Å²) in [6.45, 7) is 1.53. The van der Waals surface area contributed by atoms with Gasteiger partial charge in [0.2, 0.25) is 5.78 Å². The predicted octanol–water partition coefficient (Wildman–Crippen LogP) is 5.50. The van der Waals surface area contributed by atoms with Gasteiger partial charge in [0.25, 0.3) is 0 Å². The van der Waals surface area contributed by atoms with Gasteiger partial charge in [-0.2, -0.15) is 0 Å². The van der Waals surface area contributed by atoms with E-state index in [1.54, 1.807) is 18.2 Å². The number of hydrogen-bond donors (Lipinski definition) is 0. The number of allylic oxidation sites excluding steroid dienone is 1. The van der Waals surface area contributed by atoms with Crippen molar-refractivity contribution in [2.45, 2.75) is 12.3 Å². The Balaban J connectivity index is 1.54.